The third-order valence-corrected chi connectivity index (χ3v) is 3.15. The van der Waals surface area contributed by atoms with Crippen LogP contribution in [0.25, 0.3) is 0 Å². The van der Waals surface area contributed by atoms with Gasteiger partial charge in [-0.2, -0.15) is 5.10 Å². The smallest absolute Gasteiger partial charge is 0.293 e. The highest BCUT2D eigenvalue weighted by molar-refractivity contribution is 14.1. The summed E-state index contributed by atoms with van der Waals surface area (Å²) >= 11 is 1.71. The van der Waals surface area contributed by atoms with Gasteiger partial charge >= 0.3 is 0 Å². The second-order valence-corrected chi connectivity index (χ2v) is 4.89. The molecule has 0 bridgehead atoms. The van der Waals surface area contributed by atoms with Gasteiger partial charge in [-0.05, 0) is 22.6 Å². The van der Waals surface area contributed by atoms with E-state index in [9.17, 15) is 14.5 Å². The normalized spacial score (nSPS) is 10.5. The minimum absolute atomic E-state index is 0.107. The third kappa shape index (κ3) is 3.16. The predicted octanol–water partition coefficient (Wildman–Crippen LogP) is 2.08. The Kier molecular flexibility index (Phi) is 3.93. The zero-order chi connectivity index (χ0) is 14.0. The number of hydrogen-bond acceptors (Lipinski definition) is 5. The summed E-state index contributed by atoms with van der Waals surface area (Å²) in [5.74, 6) is -0.0431. The number of halogens is 2. The van der Waals surface area contributed by atoms with Gasteiger partial charge in [0.2, 0.25) is 0 Å². The van der Waals surface area contributed by atoms with Crippen LogP contribution in [-0.2, 0) is 13.6 Å². The van der Waals surface area contributed by atoms with E-state index in [-0.39, 0.29) is 21.5 Å². The van der Waals surface area contributed by atoms with Crippen LogP contribution in [0.5, 0.6) is 0 Å². The van der Waals surface area contributed by atoms with Crippen LogP contribution in [-0.4, -0.2) is 19.7 Å². The van der Waals surface area contributed by atoms with Gasteiger partial charge in [0, 0.05) is 19.2 Å². The molecule has 0 radical (unpaired) electrons. The van der Waals surface area contributed by atoms with Crippen LogP contribution >= 0.6 is 22.6 Å². The number of nitro groups is 1. The molecular formula is C10H9FIN5O2. The van der Waals surface area contributed by atoms with Crippen molar-refractivity contribution in [1.82, 2.24) is 14.8 Å². The Morgan fingerprint density at radius 3 is 2.89 bits per heavy atom. The van der Waals surface area contributed by atoms with Crippen LogP contribution in [0.1, 0.15) is 5.82 Å². The van der Waals surface area contributed by atoms with Gasteiger partial charge in [-0.1, -0.05) is 0 Å². The SMILES string of the molecule is Cn1cnc(CNc2cc(F)c(I)cc2[N+](=O)[O-])n1. The van der Waals surface area contributed by atoms with Gasteiger partial charge in [0.1, 0.15) is 17.8 Å². The predicted molar refractivity (Wildman–Crippen MR) is 74.1 cm³/mol. The third-order valence-electron chi connectivity index (χ3n) is 2.32. The quantitative estimate of drug-likeness (QED) is 0.501. The zero-order valence-corrected chi connectivity index (χ0v) is 12.0. The Morgan fingerprint density at radius 2 is 2.32 bits per heavy atom. The summed E-state index contributed by atoms with van der Waals surface area (Å²) in [6.07, 6.45) is 1.51. The van der Waals surface area contributed by atoms with Gasteiger partial charge in [0.15, 0.2) is 5.82 Å². The van der Waals surface area contributed by atoms with Crippen LogP contribution in [0.4, 0.5) is 15.8 Å². The maximum Gasteiger partial charge on any atom is 0.293 e. The van der Waals surface area contributed by atoms with E-state index in [1.54, 1.807) is 29.6 Å². The molecular weight excluding hydrogens is 368 g/mol. The number of rotatable bonds is 4. The summed E-state index contributed by atoms with van der Waals surface area (Å²) in [7, 11) is 1.71. The molecule has 19 heavy (non-hydrogen) atoms. The average Bonchev–Trinajstić information content (AvgIpc) is 2.76. The molecule has 1 heterocycles. The van der Waals surface area contributed by atoms with E-state index in [0.29, 0.717) is 5.82 Å². The molecule has 0 aliphatic heterocycles. The van der Waals surface area contributed by atoms with Crippen molar-refractivity contribution in [3.05, 3.63) is 43.8 Å². The van der Waals surface area contributed by atoms with Crippen LogP contribution in [0, 0.1) is 19.5 Å². The van der Waals surface area contributed by atoms with Crippen molar-refractivity contribution in [2.24, 2.45) is 7.05 Å². The fraction of sp³-hybridized carbons (Fsp3) is 0.200. The van der Waals surface area contributed by atoms with Crippen LogP contribution in [0.2, 0.25) is 0 Å². The first-order valence-corrected chi connectivity index (χ1v) is 6.27. The Labute approximate surface area is 121 Å². The summed E-state index contributed by atoms with van der Waals surface area (Å²) < 4.78 is 15.2. The van der Waals surface area contributed by atoms with Gasteiger partial charge in [-0.15, -0.1) is 0 Å². The Bertz CT molecular complexity index is 630. The molecule has 2 rings (SSSR count). The van der Waals surface area contributed by atoms with Gasteiger partial charge in [-0.3, -0.25) is 14.8 Å². The minimum atomic E-state index is -0.560. The van der Waals surface area contributed by atoms with E-state index in [1.165, 1.54) is 17.1 Å². The lowest BCUT2D eigenvalue weighted by Crippen LogP contribution is -2.05. The van der Waals surface area contributed by atoms with E-state index in [4.69, 9.17) is 0 Å². The molecule has 0 spiro atoms. The van der Waals surface area contributed by atoms with Gasteiger partial charge in [0.25, 0.3) is 5.69 Å². The monoisotopic (exact) mass is 377 g/mol. The number of nitrogens with one attached hydrogen (secondary N) is 1. The summed E-state index contributed by atoms with van der Waals surface area (Å²) in [4.78, 5) is 14.3. The molecule has 0 aliphatic carbocycles. The first-order valence-electron chi connectivity index (χ1n) is 5.19. The fourth-order valence-corrected chi connectivity index (χ4v) is 1.92. The number of nitrogens with zero attached hydrogens (tertiary/aromatic N) is 4. The van der Waals surface area contributed by atoms with Crippen molar-refractivity contribution < 1.29 is 9.31 Å². The first-order chi connectivity index (χ1) is 8.97. The molecule has 0 unspecified atom stereocenters. The highest BCUT2D eigenvalue weighted by Crippen LogP contribution is 2.28. The number of nitro benzene ring substituents is 1. The molecule has 1 aromatic carbocycles. The highest BCUT2D eigenvalue weighted by Gasteiger charge is 2.17. The maximum absolute atomic E-state index is 13.4. The largest absolute Gasteiger partial charge is 0.372 e. The summed E-state index contributed by atoms with van der Waals surface area (Å²) in [5.41, 5.74) is -0.0721. The van der Waals surface area contributed by atoms with Crippen LogP contribution in [0.3, 0.4) is 0 Å². The molecule has 0 saturated heterocycles. The molecule has 2 aromatic rings. The van der Waals surface area contributed by atoms with Gasteiger partial charge < -0.3 is 5.32 Å². The standard InChI is InChI=1S/C10H9FIN5O2/c1-16-5-14-10(15-16)4-13-8-2-6(11)7(12)3-9(8)17(18)19/h2-3,5,13H,4H2,1H3. The van der Waals surface area contributed by atoms with Crippen molar-refractivity contribution >= 4 is 34.0 Å². The summed E-state index contributed by atoms with van der Waals surface area (Å²) in [5, 5.41) is 17.7. The molecule has 1 N–H and O–H groups in total. The lowest BCUT2D eigenvalue weighted by Gasteiger charge is -2.06. The van der Waals surface area contributed by atoms with Crippen LogP contribution in [0.15, 0.2) is 18.5 Å². The van der Waals surface area contributed by atoms with Crippen molar-refractivity contribution in [3.63, 3.8) is 0 Å². The Balaban J connectivity index is 2.23. The van der Waals surface area contributed by atoms with Crippen LogP contribution < -0.4 is 5.32 Å². The zero-order valence-electron chi connectivity index (χ0n) is 9.80. The summed E-state index contributed by atoms with van der Waals surface area (Å²) in [6.45, 7) is 0.182. The topological polar surface area (TPSA) is 85.9 Å². The molecule has 100 valence electrons. The van der Waals surface area contributed by atoms with E-state index in [1.807, 2.05) is 0 Å². The number of aromatic nitrogens is 3. The van der Waals surface area contributed by atoms with Gasteiger partial charge in [0.05, 0.1) is 15.0 Å². The van der Waals surface area contributed by atoms with Crippen molar-refractivity contribution in [3.8, 4) is 0 Å². The first kappa shape index (κ1) is 13.6. The molecule has 9 heteroatoms. The molecule has 0 saturated carbocycles. The van der Waals surface area contributed by atoms with E-state index >= 15 is 0 Å². The lowest BCUT2D eigenvalue weighted by molar-refractivity contribution is -0.384. The maximum atomic E-state index is 13.4. The van der Waals surface area contributed by atoms with E-state index in [0.717, 1.165) is 6.07 Å². The lowest BCUT2D eigenvalue weighted by atomic mass is 10.2. The molecule has 0 atom stereocenters. The Morgan fingerprint density at radius 1 is 1.58 bits per heavy atom. The molecule has 0 fully saturated rings. The summed E-state index contributed by atoms with van der Waals surface area (Å²) in [6, 6.07) is 2.28. The van der Waals surface area contributed by atoms with Gasteiger partial charge in [-0.25, -0.2) is 9.37 Å². The molecule has 0 aliphatic rings. The molecule has 1 aromatic heterocycles. The van der Waals surface area contributed by atoms with Crippen molar-refractivity contribution in [2.45, 2.75) is 6.54 Å². The fourth-order valence-electron chi connectivity index (χ4n) is 1.47. The highest BCUT2D eigenvalue weighted by atomic mass is 127. The average molecular weight is 377 g/mol. The van der Waals surface area contributed by atoms with E-state index in [2.05, 4.69) is 15.4 Å². The Hall–Kier alpha value is -1.78. The van der Waals surface area contributed by atoms with Crippen molar-refractivity contribution in [1.29, 1.82) is 0 Å². The number of aryl methyl sites for hydroxylation is 1. The second-order valence-electron chi connectivity index (χ2n) is 3.73. The molecule has 0 amide bonds. The van der Waals surface area contributed by atoms with Crippen molar-refractivity contribution in [2.75, 3.05) is 5.32 Å². The number of anilines is 1. The van der Waals surface area contributed by atoms with E-state index < -0.39 is 10.7 Å². The second kappa shape index (κ2) is 5.47. The number of hydrogen-bond donors (Lipinski definition) is 1. The minimum Gasteiger partial charge on any atom is -0.372 e. The molecule has 7 nitrogen and oxygen atoms in total. The number of benzene rings is 1.